The lowest BCUT2D eigenvalue weighted by Gasteiger charge is -2.14. The minimum absolute atomic E-state index is 0.294. The van der Waals surface area contributed by atoms with E-state index in [1.165, 1.54) is 11.6 Å². The van der Waals surface area contributed by atoms with Crippen molar-refractivity contribution in [3.05, 3.63) is 107 Å². The number of halogens is 1. The Hall–Kier alpha value is -3.86. The van der Waals surface area contributed by atoms with Crippen LogP contribution in [0.3, 0.4) is 0 Å². The summed E-state index contributed by atoms with van der Waals surface area (Å²) in [5.74, 6) is 0.442. The molecule has 0 aliphatic carbocycles. The summed E-state index contributed by atoms with van der Waals surface area (Å²) in [5, 5.41) is 4.36. The van der Waals surface area contributed by atoms with Crippen LogP contribution in [-0.2, 0) is 11.4 Å². The maximum Gasteiger partial charge on any atom is 0.147 e. The number of rotatable bonds is 7. The number of aryl methyl sites for hydroxylation is 1. The number of methoxy groups -OCH3 is 1. The Labute approximate surface area is 193 Å². The van der Waals surface area contributed by atoms with Crippen molar-refractivity contribution in [3.8, 4) is 22.7 Å². The van der Waals surface area contributed by atoms with Crippen LogP contribution in [0.25, 0.3) is 16.9 Å². The maximum atomic E-state index is 14.8. The Morgan fingerprint density at radius 1 is 0.939 bits per heavy atom. The van der Waals surface area contributed by atoms with E-state index in [1.54, 1.807) is 19.2 Å². The second kappa shape index (κ2) is 9.74. The largest absolute Gasteiger partial charge is 0.497 e. The van der Waals surface area contributed by atoms with Crippen molar-refractivity contribution in [2.45, 2.75) is 27.4 Å². The SMILES string of the molecule is COc1cccc(-c2cc(/C(C)=N\OCc3ccc(C)cc3)c(C)n2-c2ccccc2F)c1. The van der Waals surface area contributed by atoms with Gasteiger partial charge in [0, 0.05) is 16.8 Å². The van der Waals surface area contributed by atoms with Gasteiger partial charge in [-0.2, -0.15) is 0 Å². The molecule has 4 rings (SSSR count). The molecule has 0 unspecified atom stereocenters. The lowest BCUT2D eigenvalue weighted by molar-refractivity contribution is 0.130. The third kappa shape index (κ3) is 4.82. The normalized spacial score (nSPS) is 11.5. The molecule has 0 radical (unpaired) electrons. The van der Waals surface area contributed by atoms with E-state index in [1.807, 2.05) is 79.1 Å². The van der Waals surface area contributed by atoms with Crippen molar-refractivity contribution in [2.24, 2.45) is 5.16 Å². The van der Waals surface area contributed by atoms with Crippen molar-refractivity contribution in [2.75, 3.05) is 7.11 Å². The van der Waals surface area contributed by atoms with Crippen LogP contribution < -0.4 is 4.74 Å². The zero-order valence-corrected chi connectivity index (χ0v) is 19.3. The van der Waals surface area contributed by atoms with Crippen LogP contribution in [0.1, 0.15) is 29.3 Å². The maximum absolute atomic E-state index is 14.8. The topological polar surface area (TPSA) is 35.8 Å². The molecule has 0 bridgehead atoms. The molecule has 0 saturated heterocycles. The quantitative estimate of drug-likeness (QED) is 0.232. The molecule has 0 N–H and O–H groups in total. The van der Waals surface area contributed by atoms with Crippen LogP contribution in [0, 0.1) is 19.7 Å². The lowest BCUT2D eigenvalue weighted by atomic mass is 10.1. The molecular formula is C28H27FN2O2. The first kappa shape index (κ1) is 22.3. The van der Waals surface area contributed by atoms with E-state index in [0.717, 1.165) is 39.5 Å². The fraction of sp³-hybridized carbons (Fsp3) is 0.179. The molecule has 0 aliphatic heterocycles. The molecule has 0 fully saturated rings. The number of para-hydroxylation sites is 1. The van der Waals surface area contributed by atoms with Gasteiger partial charge in [-0.05, 0) is 56.7 Å². The predicted molar refractivity (Wildman–Crippen MR) is 131 cm³/mol. The van der Waals surface area contributed by atoms with E-state index >= 15 is 0 Å². The second-order valence-corrected chi connectivity index (χ2v) is 7.98. The highest BCUT2D eigenvalue weighted by Crippen LogP contribution is 2.32. The van der Waals surface area contributed by atoms with Gasteiger partial charge in [0.05, 0.1) is 24.2 Å². The molecular weight excluding hydrogens is 415 g/mol. The first-order valence-corrected chi connectivity index (χ1v) is 10.8. The van der Waals surface area contributed by atoms with Crippen LogP contribution in [-0.4, -0.2) is 17.4 Å². The summed E-state index contributed by atoms with van der Waals surface area (Å²) in [5.41, 5.74) is 6.98. The van der Waals surface area contributed by atoms with Crippen molar-refractivity contribution < 1.29 is 14.0 Å². The summed E-state index contributed by atoms with van der Waals surface area (Å²) in [7, 11) is 1.63. The smallest absolute Gasteiger partial charge is 0.147 e. The summed E-state index contributed by atoms with van der Waals surface area (Å²) in [6, 6.07) is 24.7. The van der Waals surface area contributed by atoms with Crippen LogP contribution in [0.2, 0.25) is 0 Å². The van der Waals surface area contributed by atoms with E-state index in [-0.39, 0.29) is 5.82 Å². The van der Waals surface area contributed by atoms with Crippen LogP contribution in [0.5, 0.6) is 5.75 Å². The molecule has 0 aliphatic rings. The van der Waals surface area contributed by atoms with Crippen molar-refractivity contribution >= 4 is 5.71 Å². The Bertz CT molecular complexity index is 1290. The third-order valence-corrected chi connectivity index (χ3v) is 5.65. The molecule has 5 heteroatoms. The van der Waals surface area contributed by atoms with E-state index < -0.39 is 0 Å². The molecule has 0 atom stereocenters. The average Bonchev–Trinajstić information content (AvgIpc) is 3.17. The number of benzene rings is 3. The molecule has 0 spiro atoms. The molecule has 4 nitrogen and oxygen atoms in total. The summed E-state index contributed by atoms with van der Waals surface area (Å²) in [6.07, 6.45) is 0. The Balaban J connectivity index is 1.74. The summed E-state index contributed by atoms with van der Waals surface area (Å²) in [6.45, 7) is 6.30. The monoisotopic (exact) mass is 442 g/mol. The van der Waals surface area contributed by atoms with Gasteiger partial charge in [-0.15, -0.1) is 0 Å². The van der Waals surface area contributed by atoms with Gasteiger partial charge in [-0.3, -0.25) is 0 Å². The number of oxime groups is 1. The third-order valence-electron chi connectivity index (χ3n) is 5.65. The first-order valence-electron chi connectivity index (χ1n) is 10.8. The molecule has 33 heavy (non-hydrogen) atoms. The first-order chi connectivity index (χ1) is 16.0. The fourth-order valence-corrected chi connectivity index (χ4v) is 3.85. The molecule has 0 saturated carbocycles. The highest BCUT2D eigenvalue weighted by Gasteiger charge is 2.19. The molecule has 0 amide bonds. The van der Waals surface area contributed by atoms with Gasteiger partial charge >= 0.3 is 0 Å². The highest BCUT2D eigenvalue weighted by atomic mass is 19.1. The Morgan fingerprint density at radius 3 is 2.42 bits per heavy atom. The van der Waals surface area contributed by atoms with Gasteiger partial charge in [-0.1, -0.05) is 59.3 Å². The number of ether oxygens (including phenoxy) is 1. The molecule has 1 aromatic heterocycles. The minimum Gasteiger partial charge on any atom is -0.497 e. The predicted octanol–water partition coefficient (Wildman–Crippen LogP) is 6.85. The van der Waals surface area contributed by atoms with Gasteiger partial charge in [0.25, 0.3) is 0 Å². The van der Waals surface area contributed by atoms with Crippen LogP contribution >= 0.6 is 0 Å². The molecule has 1 heterocycles. The van der Waals surface area contributed by atoms with E-state index in [4.69, 9.17) is 9.57 Å². The fourth-order valence-electron chi connectivity index (χ4n) is 3.85. The summed E-state index contributed by atoms with van der Waals surface area (Å²) < 4.78 is 22.1. The average molecular weight is 443 g/mol. The number of hydrogen-bond donors (Lipinski definition) is 0. The van der Waals surface area contributed by atoms with Gasteiger partial charge in [0.1, 0.15) is 18.2 Å². The van der Waals surface area contributed by atoms with E-state index in [9.17, 15) is 4.39 Å². The van der Waals surface area contributed by atoms with Gasteiger partial charge in [0.15, 0.2) is 0 Å². The zero-order chi connectivity index (χ0) is 23.4. The molecule has 4 aromatic rings. The second-order valence-electron chi connectivity index (χ2n) is 7.98. The number of aromatic nitrogens is 1. The van der Waals surface area contributed by atoms with Crippen LogP contribution in [0.15, 0.2) is 84.0 Å². The van der Waals surface area contributed by atoms with Crippen molar-refractivity contribution in [1.82, 2.24) is 4.57 Å². The minimum atomic E-state index is -0.294. The number of hydrogen-bond acceptors (Lipinski definition) is 3. The van der Waals surface area contributed by atoms with Crippen LogP contribution in [0.4, 0.5) is 4.39 Å². The highest BCUT2D eigenvalue weighted by molar-refractivity contribution is 6.01. The summed E-state index contributed by atoms with van der Waals surface area (Å²) in [4.78, 5) is 5.64. The molecule has 168 valence electrons. The Kier molecular flexibility index (Phi) is 6.59. The van der Waals surface area contributed by atoms with Gasteiger partial charge in [0.2, 0.25) is 0 Å². The van der Waals surface area contributed by atoms with Crippen molar-refractivity contribution in [1.29, 1.82) is 0 Å². The van der Waals surface area contributed by atoms with Crippen molar-refractivity contribution in [3.63, 3.8) is 0 Å². The lowest BCUT2D eigenvalue weighted by Crippen LogP contribution is -2.04. The van der Waals surface area contributed by atoms with Gasteiger partial charge < -0.3 is 14.1 Å². The standard InChI is InChI=1S/C28H27FN2O2/c1-19-12-14-22(15-13-19)18-33-30-20(2)25-17-28(23-8-7-9-24(16-23)32-4)31(21(25)3)27-11-6-5-10-26(27)29/h5-17H,18H2,1-4H3/b30-20-. The molecule has 3 aromatic carbocycles. The van der Waals surface area contributed by atoms with E-state index in [2.05, 4.69) is 12.1 Å². The van der Waals surface area contributed by atoms with Gasteiger partial charge in [-0.25, -0.2) is 4.39 Å². The zero-order valence-electron chi connectivity index (χ0n) is 19.3. The summed E-state index contributed by atoms with van der Waals surface area (Å²) >= 11 is 0. The Morgan fingerprint density at radius 2 is 1.70 bits per heavy atom. The van der Waals surface area contributed by atoms with E-state index in [0.29, 0.717) is 12.3 Å². The number of nitrogens with zero attached hydrogens (tertiary/aromatic N) is 2.